The minimum Gasteiger partial charge on any atom is -0.486 e. The Balaban J connectivity index is 1.55. The normalized spacial score (nSPS) is 21.0. The molecule has 2 saturated heterocycles. The summed E-state index contributed by atoms with van der Waals surface area (Å²) < 4.78 is 21.4. The molecule has 0 N–H and O–H groups in total. The van der Waals surface area contributed by atoms with Crippen molar-refractivity contribution < 1.29 is 18.9 Å². The van der Waals surface area contributed by atoms with Crippen molar-refractivity contribution >= 4 is 0 Å². The van der Waals surface area contributed by atoms with Gasteiger partial charge in [0.1, 0.15) is 23.7 Å². The van der Waals surface area contributed by atoms with Gasteiger partial charge in [0.2, 0.25) is 0 Å². The molecule has 86 valence electrons. The molecule has 0 atom stereocenters. The van der Waals surface area contributed by atoms with Crippen LogP contribution in [0.25, 0.3) is 0 Å². The zero-order valence-electron chi connectivity index (χ0n) is 8.93. The van der Waals surface area contributed by atoms with E-state index in [0.717, 1.165) is 11.5 Å². The second-order valence-electron chi connectivity index (χ2n) is 4.03. The number of hydrogen-bond acceptors (Lipinski definition) is 4. The lowest BCUT2D eigenvalue weighted by molar-refractivity contribution is -0.0810. The highest BCUT2D eigenvalue weighted by Crippen LogP contribution is 2.22. The standard InChI is InChI=1S/C12H14O4/c1-2-10(16-12-7-14-8-12)4-3-9(1)15-11-5-13-6-11/h1-4,11-12H,5-8H2. The average Bonchev–Trinajstić information content (AvgIpc) is 2.19. The summed E-state index contributed by atoms with van der Waals surface area (Å²) in [4.78, 5) is 0. The fourth-order valence-corrected chi connectivity index (χ4v) is 1.55. The van der Waals surface area contributed by atoms with Crippen LogP contribution in [-0.4, -0.2) is 38.6 Å². The molecule has 2 aliphatic rings. The largest absolute Gasteiger partial charge is 0.486 e. The van der Waals surface area contributed by atoms with Gasteiger partial charge in [-0.1, -0.05) is 0 Å². The second kappa shape index (κ2) is 4.31. The summed E-state index contributed by atoms with van der Waals surface area (Å²) in [5.41, 5.74) is 0. The summed E-state index contributed by atoms with van der Waals surface area (Å²) in [6.45, 7) is 2.77. The van der Waals surface area contributed by atoms with E-state index in [9.17, 15) is 0 Å². The first-order valence-corrected chi connectivity index (χ1v) is 5.49. The summed E-state index contributed by atoms with van der Waals surface area (Å²) in [6, 6.07) is 7.70. The van der Waals surface area contributed by atoms with Crippen molar-refractivity contribution in [3.05, 3.63) is 24.3 Å². The summed E-state index contributed by atoms with van der Waals surface area (Å²) >= 11 is 0. The van der Waals surface area contributed by atoms with Gasteiger partial charge in [0.25, 0.3) is 0 Å². The molecular weight excluding hydrogens is 208 g/mol. The van der Waals surface area contributed by atoms with E-state index in [0.29, 0.717) is 26.4 Å². The van der Waals surface area contributed by atoms with Crippen molar-refractivity contribution in [2.75, 3.05) is 26.4 Å². The molecule has 3 rings (SSSR count). The van der Waals surface area contributed by atoms with E-state index < -0.39 is 0 Å². The predicted molar refractivity (Wildman–Crippen MR) is 56.9 cm³/mol. The van der Waals surface area contributed by atoms with Crippen molar-refractivity contribution in [2.45, 2.75) is 12.2 Å². The third-order valence-electron chi connectivity index (χ3n) is 2.64. The van der Waals surface area contributed by atoms with Crippen molar-refractivity contribution in [3.8, 4) is 11.5 Å². The number of rotatable bonds is 4. The Kier molecular flexibility index (Phi) is 2.68. The van der Waals surface area contributed by atoms with Crippen LogP contribution in [0, 0.1) is 0 Å². The van der Waals surface area contributed by atoms with Crippen LogP contribution in [0.4, 0.5) is 0 Å². The van der Waals surface area contributed by atoms with Crippen LogP contribution >= 0.6 is 0 Å². The van der Waals surface area contributed by atoms with E-state index in [-0.39, 0.29) is 12.2 Å². The van der Waals surface area contributed by atoms with E-state index in [1.54, 1.807) is 0 Å². The van der Waals surface area contributed by atoms with Gasteiger partial charge in [-0.05, 0) is 24.3 Å². The third kappa shape index (κ3) is 2.13. The molecule has 2 fully saturated rings. The smallest absolute Gasteiger partial charge is 0.145 e. The highest BCUT2D eigenvalue weighted by Gasteiger charge is 2.21. The molecule has 16 heavy (non-hydrogen) atoms. The van der Waals surface area contributed by atoms with Gasteiger partial charge >= 0.3 is 0 Å². The number of ether oxygens (including phenoxy) is 4. The fraction of sp³-hybridized carbons (Fsp3) is 0.500. The Labute approximate surface area is 94.1 Å². The van der Waals surface area contributed by atoms with Crippen LogP contribution in [0.3, 0.4) is 0 Å². The molecule has 0 radical (unpaired) electrons. The van der Waals surface area contributed by atoms with E-state index in [1.165, 1.54) is 0 Å². The number of hydrogen-bond donors (Lipinski definition) is 0. The Morgan fingerprint density at radius 1 is 0.750 bits per heavy atom. The lowest BCUT2D eigenvalue weighted by atomic mass is 10.3. The van der Waals surface area contributed by atoms with E-state index in [2.05, 4.69) is 0 Å². The Morgan fingerprint density at radius 3 is 1.38 bits per heavy atom. The molecule has 0 aliphatic carbocycles. The highest BCUT2D eigenvalue weighted by atomic mass is 16.6. The maximum absolute atomic E-state index is 5.65. The first kappa shape index (κ1) is 9.93. The average molecular weight is 222 g/mol. The van der Waals surface area contributed by atoms with Crippen molar-refractivity contribution in [1.29, 1.82) is 0 Å². The Bertz CT molecular complexity index is 306. The maximum atomic E-state index is 5.65. The van der Waals surface area contributed by atoms with Crippen LogP contribution in [0.1, 0.15) is 0 Å². The molecule has 0 unspecified atom stereocenters. The van der Waals surface area contributed by atoms with Crippen LogP contribution in [0.5, 0.6) is 11.5 Å². The van der Waals surface area contributed by atoms with Gasteiger partial charge in [0.05, 0.1) is 26.4 Å². The lowest BCUT2D eigenvalue weighted by Crippen LogP contribution is -2.38. The molecule has 0 aromatic heterocycles. The molecule has 4 heteroatoms. The van der Waals surface area contributed by atoms with Gasteiger partial charge in [-0.2, -0.15) is 0 Å². The Morgan fingerprint density at radius 2 is 1.12 bits per heavy atom. The van der Waals surface area contributed by atoms with Gasteiger partial charge in [0, 0.05) is 0 Å². The summed E-state index contributed by atoms with van der Waals surface area (Å²) in [7, 11) is 0. The Hall–Kier alpha value is -1.26. The van der Waals surface area contributed by atoms with Gasteiger partial charge < -0.3 is 18.9 Å². The topological polar surface area (TPSA) is 36.9 Å². The van der Waals surface area contributed by atoms with Gasteiger partial charge in [-0.15, -0.1) is 0 Å². The molecule has 0 saturated carbocycles. The summed E-state index contributed by atoms with van der Waals surface area (Å²) in [5, 5.41) is 0. The minimum atomic E-state index is 0.215. The fourth-order valence-electron chi connectivity index (χ4n) is 1.55. The van der Waals surface area contributed by atoms with E-state index in [4.69, 9.17) is 18.9 Å². The third-order valence-corrected chi connectivity index (χ3v) is 2.64. The van der Waals surface area contributed by atoms with Gasteiger partial charge in [-0.3, -0.25) is 0 Å². The van der Waals surface area contributed by atoms with Crippen LogP contribution in [0.15, 0.2) is 24.3 Å². The second-order valence-corrected chi connectivity index (χ2v) is 4.03. The minimum absolute atomic E-state index is 0.215. The van der Waals surface area contributed by atoms with Crippen molar-refractivity contribution in [1.82, 2.24) is 0 Å². The molecule has 2 aliphatic heterocycles. The van der Waals surface area contributed by atoms with E-state index >= 15 is 0 Å². The molecule has 0 bridgehead atoms. The molecule has 4 nitrogen and oxygen atoms in total. The quantitative estimate of drug-likeness (QED) is 0.768. The lowest BCUT2D eigenvalue weighted by Gasteiger charge is -2.28. The zero-order valence-corrected chi connectivity index (χ0v) is 8.93. The van der Waals surface area contributed by atoms with Gasteiger partial charge in [0.15, 0.2) is 0 Å². The number of benzene rings is 1. The SMILES string of the molecule is c1cc(OC2COC2)ccc1OC1COC1. The summed E-state index contributed by atoms with van der Waals surface area (Å²) in [5.74, 6) is 1.73. The molecule has 1 aromatic carbocycles. The van der Waals surface area contributed by atoms with Crippen LogP contribution < -0.4 is 9.47 Å². The van der Waals surface area contributed by atoms with Crippen molar-refractivity contribution in [3.63, 3.8) is 0 Å². The molecule has 1 aromatic rings. The van der Waals surface area contributed by atoms with Crippen molar-refractivity contribution in [2.24, 2.45) is 0 Å². The predicted octanol–water partition coefficient (Wildman–Crippen LogP) is 1.24. The highest BCUT2D eigenvalue weighted by molar-refractivity contribution is 5.31. The van der Waals surface area contributed by atoms with Crippen LogP contribution in [0.2, 0.25) is 0 Å². The first-order valence-electron chi connectivity index (χ1n) is 5.49. The van der Waals surface area contributed by atoms with E-state index in [1.807, 2.05) is 24.3 Å². The summed E-state index contributed by atoms with van der Waals surface area (Å²) in [6.07, 6.45) is 0.429. The first-order chi connectivity index (χ1) is 7.90. The molecule has 0 spiro atoms. The molecular formula is C12H14O4. The zero-order chi connectivity index (χ0) is 10.8. The monoisotopic (exact) mass is 222 g/mol. The van der Waals surface area contributed by atoms with Gasteiger partial charge in [-0.25, -0.2) is 0 Å². The molecule has 0 amide bonds. The van der Waals surface area contributed by atoms with Crippen LogP contribution in [-0.2, 0) is 9.47 Å². The maximum Gasteiger partial charge on any atom is 0.145 e. The molecule has 2 heterocycles.